The van der Waals surface area contributed by atoms with Gasteiger partial charge in [-0.3, -0.25) is 14.2 Å². The second-order valence-electron chi connectivity index (χ2n) is 7.11. The third kappa shape index (κ3) is 6.07. The SMILES string of the molecule is O=C(CSc1nnc(CNC(=O)c2ccccc2C(F)(F)F)n1-c1ccc(F)cc1)Nc1nccs1. The molecule has 0 aliphatic heterocycles. The van der Waals surface area contributed by atoms with E-state index >= 15 is 0 Å². The van der Waals surface area contributed by atoms with Crippen molar-refractivity contribution < 1.29 is 27.2 Å². The number of nitrogens with zero attached hydrogens (tertiary/aromatic N) is 4. The van der Waals surface area contributed by atoms with Crippen molar-refractivity contribution in [3.8, 4) is 5.69 Å². The summed E-state index contributed by atoms with van der Waals surface area (Å²) in [4.78, 5) is 28.8. The maximum Gasteiger partial charge on any atom is 0.417 e. The van der Waals surface area contributed by atoms with Crippen molar-refractivity contribution in [1.29, 1.82) is 0 Å². The lowest BCUT2D eigenvalue weighted by Crippen LogP contribution is -2.27. The number of aromatic nitrogens is 4. The summed E-state index contributed by atoms with van der Waals surface area (Å²) in [5, 5.41) is 15.5. The highest BCUT2D eigenvalue weighted by molar-refractivity contribution is 7.99. The van der Waals surface area contributed by atoms with Gasteiger partial charge in [0.25, 0.3) is 5.91 Å². The molecule has 2 aromatic carbocycles. The zero-order valence-electron chi connectivity index (χ0n) is 18.1. The monoisotopic (exact) mass is 536 g/mol. The number of thiazole rings is 1. The Morgan fingerprint density at radius 1 is 1.06 bits per heavy atom. The Kier molecular flexibility index (Phi) is 7.64. The van der Waals surface area contributed by atoms with Crippen LogP contribution in [0.15, 0.2) is 65.3 Å². The first-order chi connectivity index (χ1) is 17.2. The van der Waals surface area contributed by atoms with Gasteiger partial charge in [0.05, 0.1) is 23.4 Å². The van der Waals surface area contributed by atoms with E-state index < -0.39 is 29.0 Å². The average Bonchev–Trinajstić information content (AvgIpc) is 3.51. The minimum atomic E-state index is -4.70. The van der Waals surface area contributed by atoms with E-state index in [1.54, 1.807) is 11.6 Å². The maximum atomic E-state index is 13.5. The van der Waals surface area contributed by atoms with Crippen LogP contribution in [-0.2, 0) is 17.5 Å². The van der Waals surface area contributed by atoms with Crippen LogP contribution in [0.2, 0.25) is 0 Å². The molecule has 0 bridgehead atoms. The van der Waals surface area contributed by atoms with Gasteiger partial charge >= 0.3 is 6.18 Å². The van der Waals surface area contributed by atoms with Crippen molar-refractivity contribution in [2.45, 2.75) is 17.9 Å². The number of anilines is 1. The predicted octanol–water partition coefficient (Wildman–Crippen LogP) is 4.54. The summed E-state index contributed by atoms with van der Waals surface area (Å²) in [6.07, 6.45) is -3.16. The van der Waals surface area contributed by atoms with Gasteiger partial charge in [-0.15, -0.1) is 21.5 Å². The molecule has 4 rings (SSSR count). The van der Waals surface area contributed by atoms with Gasteiger partial charge in [0.2, 0.25) is 5.91 Å². The topological polar surface area (TPSA) is 102 Å². The standard InChI is InChI=1S/C22H16F4N6O2S2/c23-13-5-7-14(8-6-13)32-17(11-28-19(34)15-3-1-2-4-16(15)22(24,25)26)30-31-21(32)36-12-18(33)29-20-27-9-10-35-20/h1-10H,11-12H2,(H,28,34)(H,27,29,33). The fourth-order valence-corrected chi connectivity index (χ4v) is 4.43. The van der Waals surface area contributed by atoms with Crippen LogP contribution in [0.25, 0.3) is 5.69 Å². The van der Waals surface area contributed by atoms with Crippen molar-refractivity contribution in [2.24, 2.45) is 0 Å². The summed E-state index contributed by atoms with van der Waals surface area (Å²) in [6, 6.07) is 9.73. The van der Waals surface area contributed by atoms with E-state index in [2.05, 4.69) is 25.8 Å². The van der Waals surface area contributed by atoms with Gasteiger partial charge in [-0.1, -0.05) is 23.9 Å². The van der Waals surface area contributed by atoms with E-state index in [0.29, 0.717) is 10.8 Å². The lowest BCUT2D eigenvalue weighted by atomic mass is 10.1. The van der Waals surface area contributed by atoms with Gasteiger partial charge < -0.3 is 10.6 Å². The van der Waals surface area contributed by atoms with Gasteiger partial charge in [0.1, 0.15) is 5.82 Å². The Hall–Kier alpha value is -3.78. The van der Waals surface area contributed by atoms with E-state index in [0.717, 1.165) is 23.9 Å². The van der Waals surface area contributed by atoms with Crippen LogP contribution < -0.4 is 10.6 Å². The molecule has 2 amide bonds. The molecular weight excluding hydrogens is 520 g/mol. The van der Waals surface area contributed by atoms with Crippen LogP contribution in [0, 0.1) is 5.82 Å². The van der Waals surface area contributed by atoms with Crippen LogP contribution in [-0.4, -0.2) is 37.3 Å². The minimum Gasteiger partial charge on any atom is -0.345 e. The van der Waals surface area contributed by atoms with Crippen molar-refractivity contribution in [1.82, 2.24) is 25.1 Å². The molecule has 0 aliphatic carbocycles. The van der Waals surface area contributed by atoms with Crippen LogP contribution in [0.3, 0.4) is 0 Å². The summed E-state index contributed by atoms with van der Waals surface area (Å²) in [5.41, 5.74) is -1.17. The molecule has 0 unspecified atom stereocenters. The zero-order chi connectivity index (χ0) is 25.7. The van der Waals surface area contributed by atoms with Crippen LogP contribution >= 0.6 is 23.1 Å². The number of hydrogen-bond donors (Lipinski definition) is 2. The number of alkyl halides is 3. The molecule has 0 fully saturated rings. The lowest BCUT2D eigenvalue weighted by molar-refractivity contribution is -0.138. The number of halogens is 4. The molecule has 2 N–H and O–H groups in total. The predicted molar refractivity (Wildman–Crippen MR) is 125 cm³/mol. The highest BCUT2D eigenvalue weighted by atomic mass is 32.2. The molecular formula is C22H16F4N6O2S2. The van der Waals surface area contributed by atoms with E-state index in [1.807, 2.05) is 0 Å². The summed E-state index contributed by atoms with van der Waals surface area (Å²) in [5.74, 6) is -1.66. The second-order valence-corrected chi connectivity index (χ2v) is 8.95. The Labute approximate surface area is 209 Å². The van der Waals surface area contributed by atoms with Gasteiger partial charge in [0, 0.05) is 17.3 Å². The molecule has 0 aliphatic rings. The van der Waals surface area contributed by atoms with Crippen LogP contribution in [0.1, 0.15) is 21.7 Å². The number of rotatable bonds is 8. The van der Waals surface area contributed by atoms with Crippen molar-refractivity contribution in [3.63, 3.8) is 0 Å². The summed E-state index contributed by atoms with van der Waals surface area (Å²) >= 11 is 2.29. The normalized spacial score (nSPS) is 11.3. The maximum absolute atomic E-state index is 13.5. The van der Waals surface area contributed by atoms with E-state index in [9.17, 15) is 27.2 Å². The van der Waals surface area contributed by atoms with Gasteiger partial charge in [-0.25, -0.2) is 9.37 Å². The summed E-state index contributed by atoms with van der Waals surface area (Å²) in [6.45, 7) is -0.277. The Bertz CT molecular complexity index is 1360. The average molecular weight is 537 g/mol. The molecule has 4 aromatic rings. The molecule has 36 heavy (non-hydrogen) atoms. The lowest BCUT2D eigenvalue weighted by Gasteiger charge is -2.13. The van der Waals surface area contributed by atoms with Crippen molar-refractivity contribution in [2.75, 3.05) is 11.1 Å². The Morgan fingerprint density at radius 3 is 2.50 bits per heavy atom. The van der Waals surface area contributed by atoms with Crippen molar-refractivity contribution in [3.05, 3.63) is 82.9 Å². The van der Waals surface area contributed by atoms with Gasteiger partial charge in [-0.05, 0) is 36.4 Å². The number of amides is 2. The summed E-state index contributed by atoms with van der Waals surface area (Å²) in [7, 11) is 0. The third-order valence-corrected chi connectivity index (χ3v) is 6.30. The third-order valence-electron chi connectivity index (χ3n) is 4.68. The first kappa shape index (κ1) is 25.3. The summed E-state index contributed by atoms with van der Waals surface area (Å²) < 4.78 is 54.8. The molecule has 2 aromatic heterocycles. The van der Waals surface area contributed by atoms with Crippen LogP contribution in [0.5, 0.6) is 0 Å². The van der Waals surface area contributed by atoms with Gasteiger partial charge in [0.15, 0.2) is 16.1 Å². The van der Waals surface area contributed by atoms with Gasteiger partial charge in [-0.2, -0.15) is 13.2 Å². The number of thioether (sulfide) groups is 1. The molecule has 0 spiro atoms. The first-order valence-electron chi connectivity index (χ1n) is 10.2. The Morgan fingerprint density at radius 2 is 1.81 bits per heavy atom. The second kappa shape index (κ2) is 10.9. The number of nitrogens with one attached hydrogen (secondary N) is 2. The first-order valence-corrected chi connectivity index (χ1v) is 12.1. The fraction of sp³-hybridized carbons (Fsp3) is 0.136. The highest BCUT2D eigenvalue weighted by Crippen LogP contribution is 2.32. The number of benzene rings is 2. The van der Waals surface area contributed by atoms with E-state index in [-0.39, 0.29) is 29.2 Å². The molecule has 186 valence electrons. The molecule has 0 radical (unpaired) electrons. The molecule has 0 saturated carbocycles. The zero-order valence-corrected chi connectivity index (χ0v) is 19.8. The van der Waals surface area contributed by atoms with E-state index in [1.165, 1.54) is 52.3 Å². The molecule has 2 heterocycles. The molecule has 0 saturated heterocycles. The minimum absolute atomic E-state index is 0.0514. The molecule has 0 atom stereocenters. The smallest absolute Gasteiger partial charge is 0.345 e. The van der Waals surface area contributed by atoms with Crippen LogP contribution in [0.4, 0.5) is 22.7 Å². The number of carbonyl (C=O) groups is 2. The fourth-order valence-electron chi connectivity index (χ4n) is 3.11. The quantitative estimate of drug-likeness (QED) is 0.253. The van der Waals surface area contributed by atoms with Crippen molar-refractivity contribution >= 4 is 40.0 Å². The highest BCUT2D eigenvalue weighted by Gasteiger charge is 2.34. The Balaban J connectivity index is 1.54. The largest absolute Gasteiger partial charge is 0.417 e. The molecule has 14 heteroatoms. The number of hydrogen-bond acceptors (Lipinski definition) is 7. The number of carbonyl (C=O) groups excluding carboxylic acids is 2. The van der Waals surface area contributed by atoms with E-state index in [4.69, 9.17) is 0 Å². The molecule has 8 nitrogen and oxygen atoms in total.